The number of aromatic nitrogens is 2. The van der Waals surface area contributed by atoms with Gasteiger partial charge in [-0.25, -0.2) is 0 Å². The molecule has 30 heavy (non-hydrogen) atoms. The lowest BCUT2D eigenvalue weighted by Crippen LogP contribution is -2.23. The van der Waals surface area contributed by atoms with Crippen molar-refractivity contribution in [2.75, 3.05) is 0 Å². The Kier molecular flexibility index (Phi) is 5.85. The summed E-state index contributed by atoms with van der Waals surface area (Å²) in [6, 6.07) is 24.8. The molecule has 0 spiro atoms. The number of benzene rings is 3. The van der Waals surface area contributed by atoms with Crippen LogP contribution in [0.2, 0.25) is 0 Å². The van der Waals surface area contributed by atoms with Gasteiger partial charge in [0.15, 0.2) is 0 Å². The summed E-state index contributed by atoms with van der Waals surface area (Å²) in [4.78, 5) is 17.0. The van der Waals surface area contributed by atoms with Crippen molar-refractivity contribution in [2.45, 2.75) is 20.1 Å². The minimum Gasteiger partial charge on any atom is -0.488 e. The second-order valence-electron chi connectivity index (χ2n) is 6.83. The van der Waals surface area contributed by atoms with Crippen LogP contribution in [0.15, 0.2) is 83.4 Å². The van der Waals surface area contributed by atoms with Crippen LogP contribution >= 0.6 is 0 Å². The van der Waals surface area contributed by atoms with Crippen molar-refractivity contribution in [3.63, 3.8) is 0 Å². The number of rotatable bonds is 7. The predicted molar refractivity (Wildman–Crippen MR) is 113 cm³/mol. The number of hydrogen-bond acceptors (Lipinski definition) is 5. The van der Waals surface area contributed by atoms with Crippen LogP contribution in [-0.4, -0.2) is 16.0 Å². The molecule has 4 rings (SSSR count). The largest absolute Gasteiger partial charge is 0.488 e. The number of ether oxygens (including phenoxy) is 1. The zero-order chi connectivity index (χ0) is 20.8. The van der Waals surface area contributed by atoms with E-state index in [0.29, 0.717) is 29.6 Å². The SMILES string of the molecule is Cc1ccc(-c2noc(CNC(=O)c3ccccc3OCc3ccccc3)n2)cc1. The van der Waals surface area contributed by atoms with Crippen molar-refractivity contribution in [1.82, 2.24) is 15.5 Å². The molecule has 1 heterocycles. The summed E-state index contributed by atoms with van der Waals surface area (Å²) >= 11 is 0. The van der Waals surface area contributed by atoms with Crippen molar-refractivity contribution in [3.8, 4) is 17.1 Å². The Balaban J connectivity index is 1.39. The summed E-state index contributed by atoms with van der Waals surface area (Å²) in [7, 11) is 0. The van der Waals surface area contributed by atoms with Gasteiger partial charge in [0.05, 0.1) is 12.1 Å². The van der Waals surface area contributed by atoms with Gasteiger partial charge in [0, 0.05) is 5.56 Å². The van der Waals surface area contributed by atoms with Crippen LogP contribution in [0.4, 0.5) is 0 Å². The Morgan fingerprint density at radius 1 is 0.967 bits per heavy atom. The average Bonchev–Trinajstić information content (AvgIpc) is 3.26. The molecule has 0 bridgehead atoms. The van der Waals surface area contributed by atoms with Gasteiger partial charge in [-0.1, -0.05) is 77.5 Å². The molecule has 0 unspecified atom stereocenters. The fourth-order valence-corrected chi connectivity index (χ4v) is 2.91. The van der Waals surface area contributed by atoms with E-state index < -0.39 is 0 Å². The van der Waals surface area contributed by atoms with E-state index in [2.05, 4.69) is 15.5 Å². The topological polar surface area (TPSA) is 77.2 Å². The second kappa shape index (κ2) is 9.05. The minimum atomic E-state index is -0.270. The number of nitrogens with one attached hydrogen (secondary N) is 1. The second-order valence-corrected chi connectivity index (χ2v) is 6.83. The van der Waals surface area contributed by atoms with Crippen LogP contribution in [0.1, 0.15) is 27.4 Å². The van der Waals surface area contributed by atoms with Gasteiger partial charge in [-0.15, -0.1) is 0 Å². The maximum absolute atomic E-state index is 12.7. The molecule has 0 atom stereocenters. The van der Waals surface area contributed by atoms with Gasteiger partial charge in [-0.3, -0.25) is 4.79 Å². The van der Waals surface area contributed by atoms with Crippen LogP contribution in [-0.2, 0) is 13.2 Å². The molecular formula is C24H21N3O3. The molecule has 0 saturated heterocycles. The quantitative estimate of drug-likeness (QED) is 0.493. The summed E-state index contributed by atoms with van der Waals surface area (Å²) < 4.78 is 11.1. The fourth-order valence-electron chi connectivity index (χ4n) is 2.91. The van der Waals surface area contributed by atoms with E-state index in [1.54, 1.807) is 18.2 Å². The Morgan fingerprint density at radius 2 is 1.70 bits per heavy atom. The molecule has 0 saturated carbocycles. The summed E-state index contributed by atoms with van der Waals surface area (Å²) in [5.74, 6) is 1.07. The highest BCUT2D eigenvalue weighted by Gasteiger charge is 2.14. The van der Waals surface area contributed by atoms with E-state index in [-0.39, 0.29) is 12.5 Å². The third kappa shape index (κ3) is 4.72. The van der Waals surface area contributed by atoms with Gasteiger partial charge in [0.1, 0.15) is 12.4 Å². The monoisotopic (exact) mass is 399 g/mol. The predicted octanol–water partition coefficient (Wildman–Crippen LogP) is 4.55. The number of hydrogen-bond donors (Lipinski definition) is 1. The van der Waals surface area contributed by atoms with Crippen molar-refractivity contribution < 1.29 is 14.1 Å². The number of aryl methyl sites for hydroxylation is 1. The van der Waals surface area contributed by atoms with Gasteiger partial charge in [0.25, 0.3) is 5.91 Å². The van der Waals surface area contributed by atoms with E-state index in [1.807, 2.05) is 67.6 Å². The van der Waals surface area contributed by atoms with E-state index in [1.165, 1.54) is 0 Å². The number of nitrogens with zero attached hydrogens (tertiary/aromatic N) is 2. The molecule has 0 fully saturated rings. The first-order valence-corrected chi connectivity index (χ1v) is 9.62. The third-order valence-corrected chi connectivity index (χ3v) is 4.55. The Labute approximate surface area is 174 Å². The van der Waals surface area contributed by atoms with Crippen LogP contribution in [0, 0.1) is 6.92 Å². The lowest BCUT2D eigenvalue weighted by atomic mass is 10.1. The van der Waals surface area contributed by atoms with Crippen molar-refractivity contribution in [1.29, 1.82) is 0 Å². The average molecular weight is 399 g/mol. The lowest BCUT2D eigenvalue weighted by Gasteiger charge is -2.11. The number of carbonyl (C=O) groups excluding carboxylic acids is 1. The number of carbonyl (C=O) groups is 1. The lowest BCUT2D eigenvalue weighted by molar-refractivity contribution is 0.0941. The fraction of sp³-hybridized carbons (Fsp3) is 0.125. The van der Waals surface area contributed by atoms with Crippen molar-refractivity contribution >= 4 is 5.91 Å². The van der Waals surface area contributed by atoms with Crippen molar-refractivity contribution in [3.05, 3.63) is 101 Å². The molecular weight excluding hydrogens is 378 g/mol. The molecule has 4 aromatic rings. The highest BCUT2D eigenvalue weighted by molar-refractivity contribution is 5.96. The van der Waals surface area contributed by atoms with Gasteiger partial charge in [-0.05, 0) is 24.6 Å². The summed E-state index contributed by atoms with van der Waals surface area (Å²) in [5, 5.41) is 6.80. The minimum absolute atomic E-state index is 0.130. The maximum atomic E-state index is 12.7. The molecule has 150 valence electrons. The van der Waals surface area contributed by atoms with E-state index in [0.717, 1.165) is 16.7 Å². The number of para-hydroxylation sites is 1. The van der Waals surface area contributed by atoms with Crippen LogP contribution in [0.5, 0.6) is 5.75 Å². The molecule has 1 N–H and O–H groups in total. The maximum Gasteiger partial charge on any atom is 0.255 e. The van der Waals surface area contributed by atoms with E-state index in [4.69, 9.17) is 9.26 Å². The van der Waals surface area contributed by atoms with Crippen molar-refractivity contribution in [2.24, 2.45) is 0 Å². The molecule has 1 aromatic heterocycles. The first kappa shape index (κ1) is 19.4. The van der Waals surface area contributed by atoms with E-state index >= 15 is 0 Å². The first-order valence-electron chi connectivity index (χ1n) is 9.62. The van der Waals surface area contributed by atoms with Gasteiger partial charge < -0.3 is 14.6 Å². The van der Waals surface area contributed by atoms with Gasteiger partial charge >= 0.3 is 0 Å². The number of amides is 1. The Hall–Kier alpha value is -3.93. The standard InChI is InChI=1S/C24H21N3O3/c1-17-11-13-19(14-12-17)23-26-22(30-27-23)15-25-24(28)20-9-5-6-10-21(20)29-16-18-7-3-2-4-8-18/h2-14H,15-16H2,1H3,(H,25,28). The molecule has 3 aromatic carbocycles. The molecule has 1 amide bonds. The zero-order valence-electron chi connectivity index (χ0n) is 16.5. The van der Waals surface area contributed by atoms with Crippen LogP contribution in [0.3, 0.4) is 0 Å². The van der Waals surface area contributed by atoms with Crippen LogP contribution in [0.25, 0.3) is 11.4 Å². The third-order valence-electron chi connectivity index (χ3n) is 4.55. The molecule has 0 aliphatic rings. The van der Waals surface area contributed by atoms with E-state index in [9.17, 15) is 4.79 Å². The van der Waals surface area contributed by atoms with Gasteiger partial charge in [0.2, 0.25) is 11.7 Å². The highest BCUT2D eigenvalue weighted by Crippen LogP contribution is 2.20. The zero-order valence-corrected chi connectivity index (χ0v) is 16.5. The highest BCUT2D eigenvalue weighted by atomic mass is 16.5. The first-order chi connectivity index (χ1) is 14.7. The molecule has 6 heteroatoms. The Bertz CT molecular complexity index is 1120. The molecule has 0 aliphatic carbocycles. The summed E-state index contributed by atoms with van der Waals surface area (Å²) in [6.07, 6.45) is 0. The molecule has 0 aliphatic heterocycles. The normalized spacial score (nSPS) is 10.6. The summed E-state index contributed by atoms with van der Waals surface area (Å²) in [6.45, 7) is 2.53. The van der Waals surface area contributed by atoms with Gasteiger partial charge in [-0.2, -0.15) is 4.98 Å². The van der Waals surface area contributed by atoms with Crippen LogP contribution < -0.4 is 10.1 Å². The molecule has 6 nitrogen and oxygen atoms in total. The summed E-state index contributed by atoms with van der Waals surface area (Å²) in [5.41, 5.74) is 3.50. The Morgan fingerprint density at radius 3 is 2.50 bits per heavy atom. The molecule has 0 radical (unpaired) electrons. The smallest absolute Gasteiger partial charge is 0.255 e.